The third-order valence-electron chi connectivity index (χ3n) is 3.80. The number of aliphatic imine (C=N–C) groups is 1. The Morgan fingerprint density at radius 2 is 1.88 bits per heavy atom. The first kappa shape index (κ1) is 17.7. The Morgan fingerprint density at radius 1 is 1.19 bits per heavy atom. The first-order valence-corrected chi connectivity index (χ1v) is 8.85. The summed E-state index contributed by atoms with van der Waals surface area (Å²) in [5.41, 5.74) is 2.27. The molecule has 3 rings (SSSR count). The molecule has 0 aromatic heterocycles. The third kappa shape index (κ3) is 3.92. The van der Waals surface area contributed by atoms with E-state index in [-0.39, 0.29) is 23.4 Å². The predicted molar refractivity (Wildman–Crippen MR) is 102 cm³/mol. The normalized spacial score (nSPS) is 17.3. The highest BCUT2D eigenvalue weighted by atomic mass is 32.2. The zero-order valence-corrected chi connectivity index (χ0v) is 14.9. The van der Waals surface area contributed by atoms with Crippen molar-refractivity contribution in [3.8, 4) is 6.19 Å². The standard InChI is InChI=1S/C19H16N4O2S/c1-13-7-9-15(10-8-13)23-17(24)11-16(18(23)25)26-19(21-12-20)22-14-5-3-2-4-6-14/h2-10,16H,11H2,1H3,(H,21,22)/t16-/m1/s1. The van der Waals surface area contributed by atoms with Gasteiger partial charge in [-0.2, -0.15) is 5.26 Å². The van der Waals surface area contributed by atoms with Crippen LogP contribution in [0.1, 0.15) is 12.0 Å². The number of para-hydroxylation sites is 1. The van der Waals surface area contributed by atoms with Crippen molar-refractivity contribution in [3.05, 3.63) is 60.2 Å². The molecule has 0 radical (unpaired) electrons. The van der Waals surface area contributed by atoms with E-state index in [9.17, 15) is 9.59 Å². The predicted octanol–water partition coefficient (Wildman–Crippen LogP) is 3.12. The maximum atomic E-state index is 12.7. The molecule has 0 aliphatic carbocycles. The fourth-order valence-corrected chi connectivity index (χ4v) is 3.51. The number of hydrogen-bond donors (Lipinski definition) is 1. The minimum absolute atomic E-state index is 0.0678. The number of benzene rings is 2. The smallest absolute Gasteiger partial charge is 0.247 e. The molecule has 2 aromatic rings. The molecule has 1 aliphatic rings. The van der Waals surface area contributed by atoms with Crippen LogP contribution in [0.25, 0.3) is 0 Å². The minimum atomic E-state index is -0.618. The molecule has 1 fully saturated rings. The highest BCUT2D eigenvalue weighted by Gasteiger charge is 2.40. The molecular weight excluding hydrogens is 348 g/mol. The van der Waals surface area contributed by atoms with Crippen LogP contribution in [0.15, 0.2) is 59.6 Å². The lowest BCUT2D eigenvalue weighted by Gasteiger charge is -2.15. The number of carbonyl (C=O) groups excluding carboxylic acids is 2. The molecule has 1 atom stereocenters. The van der Waals surface area contributed by atoms with E-state index in [1.807, 2.05) is 43.4 Å². The molecule has 2 aromatic carbocycles. The number of imide groups is 1. The average Bonchev–Trinajstić information content (AvgIpc) is 2.91. The number of amides is 2. The highest BCUT2D eigenvalue weighted by molar-refractivity contribution is 8.15. The SMILES string of the molecule is Cc1ccc(N2C(=O)C[C@@H](SC(=Nc3ccccc3)NC#N)C2=O)cc1. The van der Waals surface area contributed by atoms with Gasteiger partial charge in [-0.1, -0.05) is 47.7 Å². The molecule has 1 aliphatic heterocycles. The topological polar surface area (TPSA) is 85.6 Å². The molecule has 0 saturated carbocycles. The molecule has 130 valence electrons. The lowest BCUT2D eigenvalue weighted by Crippen LogP contribution is -2.32. The first-order chi connectivity index (χ1) is 12.6. The van der Waals surface area contributed by atoms with E-state index in [2.05, 4.69) is 10.3 Å². The fourth-order valence-electron chi connectivity index (χ4n) is 2.55. The van der Waals surface area contributed by atoms with Crippen LogP contribution in [-0.2, 0) is 9.59 Å². The van der Waals surface area contributed by atoms with Crippen LogP contribution in [0.4, 0.5) is 11.4 Å². The van der Waals surface area contributed by atoms with Crippen LogP contribution < -0.4 is 10.2 Å². The number of amidine groups is 1. The molecule has 1 heterocycles. The van der Waals surface area contributed by atoms with Gasteiger partial charge in [0.15, 0.2) is 11.4 Å². The summed E-state index contributed by atoms with van der Waals surface area (Å²) in [6.45, 7) is 1.94. The summed E-state index contributed by atoms with van der Waals surface area (Å²) >= 11 is 1.09. The summed E-state index contributed by atoms with van der Waals surface area (Å²) in [6.07, 6.45) is 1.89. The van der Waals surface area contributed by atoms with Gasteiger partial charge in [0.25, 0.3) is 0 Å². The number of anilines is 1. The maximum absolute atomic E-state index is 12.7. The van der Waals surface area contributed by atoms with Crippen molar-refractivity contribution in [3.63, 3.8) is 0 Å². The van der Waals surface area contributed by atoms with Gasteiger partial charge in [0.2, 0.25) is 11.8 Å². The Bertz CT molecular complexity index is 888. The van der Waals surface area contributed by atoms with Gasteiger partial charge >= 0.3 is 0 Å². The lowest BCUT2D eigenvalue weighted by molar-refractivity contribution is -0.121. The Morgan fingerprint density at radius 3 is 2.54 bits per heavy atom. The third-order valence-corrected chi connectivity index (χ3v) is 4.87. The van der Waals surface area contributed by atoms with Crippen molar-refractivity contribution in [1.82, 2.24) is 5.32 Å². The summed E-state index contributed by atoms with van der Waals surface area (Å²) < 4.78 is 0. The molecular formula is C19H16N4O2S. The summed E-state index contributed by atoms with van der Waals surface area (Å²) in [7, 11) is 0. The Kier molecular flexibility index (Phi) is 5.34. The van der Waals surface area contributed by atoms with Crippen molar-refractivity contribution >= 4 is 40.1 Å². The fraction of sp³-hybridized carbons (Fsp3) is 0.158. The number of nitriles is 1. The number of hydrogen-bond acceptors (Lipinski definition) is 5. The van der Waals surface area contributed by atoms with Crippen molar-refractivity contribution in [2.45, 2.75) is 18.6 Å². The second-order valence-electron chi connectivity index (χ2n) is 5.70. The van der Waals surface area contributed by atoms with Crippen molar-refractivity contribution in [2.75, 3.05) is 4.90 Å². The van der Waals surface area contributed by atoms with Crippen LogP contribution in [0.5, 0.6) is 0 Å². The Hall–Kier alpha value is -3.11. The summed E-state index contributed by atoms with van der Waals surface area (Å²) in [6, 6.07) is 16.3. The number of thioether (sulfide) groups is 1. The number of carbonyl (C=O) groups is 2. The molecule has 0 bridgehead atoms. The van der Waals surface area contributed by atoms with E-state index in [0.717, 1.165) is 17.3 Å². The van der Waals surface area contributed by atoms with Crippen LogP contribution >= 0.6 is 11.8 Å². The molecule has 6 nitrogen and oxygen atoms in total. The van der Waals surface area contributed by atoms with E-state index in [1.165, 1.54) is 4.90 Å². The van der Waals surface area contributed by atoms with Gasteiger partial charge in [0.05, 0.1) is 11.4 Å². The Balaban J connectivity index is 1.80. The van der Waals surface area contributed by atoms with Crippen LogP contribution in [0.2, 0.25) is 0 Å². The second kappa shape index (κ2) is 7.85. The quantitative estimate of drug-likeness (QED) is 0.297. The highest BCUT2D eigenvalue weighted by Crippen LogP contribution is 2.30. The summed E-state index contributed by atoms with van der Waals surface area (Å²) in [5, 5.41) is 11.1. The van der Waals surface area contributed by atoms with E-state index in [1.54, 1.807) is 24.3 Å². The molecule has 26 heavy (non-hydrogen) atoms. The van der Waals surface area contributed by atoms with Gasteiger partial charge in [-0.25, -0.2) is 9.89 Å². The average molecular weight is 364 g/mol. The van der Waals surface area contributed by atoms with E-state index in [0.29, 0.717) is 11.4 Å². The number of rotatable bonds is 3. The molecule has 2 amide bonds. The van der Waals surface area contributed by atoms with E-state index in [4.69, 9.17) is 5.26 Å². The zero-order chi connectivity index (χ0) is 18.5. The summed E-state index contributed by atoms with van der Waals surface area (Å²) in [4.78, 5) is 30.6. The van der Waals surface area contributed by atoms with Gasteiger partial charge in [-0.05, 0) is 31.2 Å². The van der Waals surface area contributed by atoms with Gasteiger partial charge in [-0.3, -0.25) is 14.9 Å². The zero-order valence-electron chi connectivity index (χ0n) is 14.0. The van der Waals surface area contributed by atoms with Crippen LogP contribution in [0.3, 0.4) is 0 Å². The van der Waals surface area contributed by atoms with E-state index < -0.39 is 5.25 Å². The molecule has 1 N–H and O–H groups in total. The number of nitrogens with one attached hydrogen (secondary N) is 1. The molecule has 1 saturated heterocycles. The lowest BCUT2D eigenvalue weighted by atomic mass is 10.2. The van der Waals surface area contributed by atoms with Crippen molar-refractivity contribution in [1.29, 1.82) is 5.26 Å². The monoisotopic (exact) mass is 364 g/mol. The van der Waals surface area contributed by atoms with Gasteiger partial charge in [0.1, 0.15) is 5.25 Å². The van der Waals surface area contributed by atoms with Crippen molar-refractivity contribution in [2.24, 2.45) is 4.99 Å². The van der Waals surface area contributed by atoms with Gasteiger partial charge in [0, 0.05) is 6.42 Å². The van der Waals surface area contributed by atoms with Gasteiger partial charge in [-0.15, -0.1) is 0 Å². The largest absolute Gasteiger partial charge is 0.274 e. The minimum Gasteiger partial charge on any atom is -0.274 e. The molecule has 7 heteroatoms. The number of aryl methyl sites for hydroxylation is 1. The number of nitrogens with zero attached hydrogens (tertiary/aromatic N) is 3. The van der Waals surface area contributed by atoms with Gasteiger partial charge < -0.3 is 0 Å². The molecule has 0 unspecified atom stereocenters. The summed E-state index contributed by atoms with van der Waals surface area (Å²) in [5.74, 6) is -0.559. The second-order valence-corrected chi connectivity index (χ2v) is 6.89. The maximum Gasteiger partial charge on any atom is 0.247 e. The molecule has 0 spiro atoms. The Labute approximate surface area is 155 Å². The van der Waals surface area contributed by atoms with E-state index >= 15 is 0 Å². The van der Waals surface area contributed by atoms with Crippen LogP contribution in [-0.4, -0.2) is 22.2 Å². The van der Waals surface area contributed by atoms with Crippen LogP contribution in [0, 0.1) is 18.4 Å². The van der Waals surface area contributed by atoms with Crippen molar-refractivity contribution < 1.29 is 9.59 Å². The first-order valence-electron chi connectivity index (χ1n) is 7.97.